The molecule has 2 aromatic heterocycles. The van der Waals surface area contributed by atoms with Crippen molar-refractivity contribution in [2.75, 3.05) is 0 Å². The number of hydrogen-bond acceptors (Lipinski definition) is 6. The van der Waals surface area contributed by atoms with Gasteiger partial charge < -0.3 is 5.32 Å². The number of nitrogens with zero attached hydrogens (tertiary/aromatic N) is 6. The largest absolute Gasteiger partial charge is 0.325 e. The summed E-state index contributed by atoms with van der Waals surface area (Å²) in [5.74, 6) is -0.337. The minimum atomic E-state index is -1.20. The number of urea groups is 1. The average Bonchev–Trinajstić information content (AvgIpc) is 3.38. The molecule has 0 radical (unpaired) electrons. The molecular weight excluding hydrogens is 382 g/mol. The zero-order valence-corrected chi connectivity index (χ0v) is 16.1. The van der Waals surface area contributed by atoms with E-state index < -0.39 is 11.6 Å². The molecule has 3 heterocycles. The van der Waals surface area contributed by atoms with Crippen LogP contribution in [0.3, 0.4) is 0 Å². The number of fused-ring (bicyclic) bond motifs is 1. The summed E-state index contributed by atoms with van der Waals surface area (Å²) in [5, 5.41) is 15.0. The molecule has 0 bridgehead atoms. The predicted molar refractivity (Wildman–Crippen MR) is 107 cm³/mol. The molecule has 1 saturated heterocycles. The van der Waals surface area contributed by atoms with Crippen LogP contribution in [-0.2, 0) is 16.9 Å². The minimum absolute atomic E-state index is 0.0950. The predicted octanol–water partition coefficient (Wildman–Crippen LogP) is 2.18. The maximum Gasteiger partial charge on any atom is 0.325 e. The van der Waals surface area contributed by atoms with Crippen LogP contribution in [0.2, 0.25) is 0 Å². The number of para-hydroxylation sites is 1. The fourth-order valence-corrected chi connectivity index (χ4v) is 3.63. The molecule has 2 aromatic carbocycles. The van der Waals surface area contributed by atoms with Crippen molar-refractivity contribution in [3.05, 3.63) is 78.2 Å². The first-order chi connectivity index (χ1) is 14.5. The molecule has 0 saturated carbocycles. The van der Waals surface area contributed by atoms with Gasteiger partial charge in [-0.2, -0.15) is 0 Å². The molecule has 30 heavy (non-hydrogen) atoms. The maximum atomic E-state index is 13.3. The lowest BCUT2D eigenvalue weighted by atomic mass is 9.91. The third kappa shape index (κ3) is 2.87. The fourth-order valence-electron chi connectivity index (χ4n) is 3.63. The summed E-state index contributed by atoms with van der Waals surface area (Å²) in [6.45, 7) is 1.79. The number of imide groups is 1. The van der Waals surface area contributed by atoms with E-state index in [0.717, 1.165) is 10.9 Å². The number of rotatable bonds is 4. The van der Waals surface area contributed by atoms with Crippen LogP contribution in [0.5, 0.6) is 0 Å². The molecule has 5 rings (SSSR count). The molecule has 0 unspecified atom stereocenters. The molecule has 1 fully saturated rings. The zero-order valence-electron chi connectivity index (χ0n) is 16.1. The van der Waals surface area contributed by atoms with Crippen LogP contribution in [0.25, 0.3) is 16.6 Å². The second-order valence-corrected chi connectivity index (χ2v) is 7.25. The Balaban J connectivity index is 1.45. The van der Waals surface area contributed by atoms with Crippen LogP contribution >= 0.6 is 0 Å². The molecule has 4 aromatic rings. The third-order valence-corrected chi connectivity index (χ3v) is 5.29. The lowest BCUT2D eigenvalue weighted by molar-refractivity contribution is -0.131. The normalized spacial score (nSPS) is 18.8. The van der Waals surface area contributed by atoms with Crippen LogP contribution in [0.1, 0.15) is 18.2 Å². The summed E-state index contributed by atoms with van der Waals surface area (Å²) in [6.07, 6.45) is 1.47. The van der Waals surface area contributed by atoms with Gasteiger partial charge in [0.15, 0.2) is 0 Å². The Labute approximate surface area is 171 Å². The number of tetrazole rings is 1. The number of hydrogen-bond donors (Lipinski definition) is 1. The maximum absolute atomic E-state index is 13.3. The highest BCUT2D eigenvalue weighted by atomic mass is 16.2. The van der Waals surface area contributed by atoms with E-state index in [0.29, 0.717) is 16.9 Å². The number of benzene rings is 2. The molecule has 0 aliphatic carbocycles. The Morgan fingerprint density at radius 2 is 1.90 bits per heavy atom. The SMILES string of the molecule is C[C@@]1(c2cccc(-n3cnnn3)c2)NC(=O)N(Cc2ccc3ccccc3n2)C1=O. The van der Waals surface area contributed by atoms with Gasteiger partial charge in [-0.15, -0.1) is 5.10 Å². The standard InChI is InChI=1S/C21H17N7O2/c1-21(15-6-4-7-17(11-15)28-13-22-25-26-28)19(29)27(20(30)24-21)12-16-10-9-14-5-2-3-8-18(14)23-16/h2-11,13H,12H2,1H3,(H,24,30)/t21-/m0/s1. The van der Waals surface area contributed by atoms with E-state index >= 15 is 0 Å². The molecule has 1 aliphatic rings. The second kappa shape index (κ2) is 6.73. The number of amides is 3. The van der Waals surface area contributed by atoms with Crippen molar-refractivity contribution >= 4 is 22.8 Å². The Hall–Kier alpha value is -4.14. The average molecular weight is 399 g/mol. The van der Waals surface area contributed by atoms with Gasteiger partial charge in [-0.05, 0) is 47.2 Å². The smallest absolute Gasteiger partial charge is 0.319 e. The van der Waals surface area contributed by atoms with Gasteiger partial charge in [0.25, 0.3) is 5.91 Å². The van der Waals surface area contributed by atoms with Gasteiger partial charge in [0, 0.05) is 5.39 Å². The Morgan fingerprint density at radius 3 is 2.73 bits per heavy atom. The zero-order chi connectivity index (χ0) is 20.7. The van der Waals surface area contributed by atoms with Crippen LogP contribution in [0, 0.1) is 0 Å². The van der Waals surface area contributed by atoms with E-state index in [9.17, 15) is 9.59 Å². The Kier molecular flexibility index (Phi) is 4.02. The topological polar surface area (TPSA) is 106 Å². The van der Waals surface area contributed by atoms with Gasteiger partial charge in [0.1, 0.15) is 11.9 Å². The molecule has 9 heteroatoms. The van der Waals surface area contributed by atoms with Crippen molar-refractivity contribution in [3.63, 3.8) is 0 Å². The summed E-state index contributed by atoms with van der Waals surface area (Å²) in [6, 6.07) is 18.2. The van der Waals surface area contributed by atoms with Crippen molar-refractivity contribution in [2.24, 2.45) is 0 Å². The molecule has 9 nitrogen and oxygen atoms in total. The van der Waals surface area contributed by atoms with E-state index in [1.165, 1.54) is 15.9 Å². The molecule has 0 spiro atoms. The van der Waals surface area contributed by atoms with E-state index in [1.54, 1.807) is 25.1 Å². The van der Waals surface area contributed by atoms with Crippen molar-refractivity contribution in [3.8, 4) is 5.69 Å². The van der Waals surface area contributed by atoms with Gasteiger partial charge >= 0.3 is 6.03 Å². The van der Waals surface area contributed by atoms with E-state index in [2.05, 4.69) is 25.8 Å². The van der Waals surface area contributed by atoms with E-state index in [-0.39, 0.29) is 12.5 Å². The first-order valence-corrected chi connectivity index (χ1v) is 9.37. The first kappa shape index (κ1) is 17.9. The van der Waals surface area contributed by atoms with Crippen LogP contribution in [-0.4, -0.2) is 42.0 Å². The molecular formula is C21H17N7O2. The molecule has 1 N–H and O–H groups in total. The second-order valence-electron chi connectivity index (χ2n) is 7.25. The highest BCUT2D eigenvalue weighted by Crippen LogP contribution is 2.30. The van der Waals surface area contributed by atoms with Gasteiger partial charge in [0.05, 0.1) is 23.4 Å². The number of pyridine rings is 1. The number of aromatic nitrogens is 5. The van der Waals surface area contributed by atoms with E-state index in [1.807, 2.05) is 42.5 Å². The van der Waals surface area contributed by atoms with E-state index in [4.69, 9.17) is 0 Å². The summed E-state index contributed by atoms with van der Waals surface area (Å²) >= 11 is 0. The summed E-state index contributed by atoms with van der Waals surface area (Å²) in [7, 11) is 0. The minimum Gasteiger partial charge on any atom is -0.319 e. The van der Waals surface area contributed by atoms with Gasteiger partial charge in [-0.1, -0.05) is 36.4 Å². The summed E-state index contributed by atoms with van der Waals surface area (Å²) in [4.78, 5) is 31.7. The van der Waals surface area contributed by atoms with Crippen molar-refractivity contribution in [2.45, 2.75) is 19.0 Å². The van der Waals surface area contributed by atoms with Crippen LogP contribution in [0.15, 0.2) is 67.0 Å². The molecule has 148 valence electrons. The summed E-state index contributed by atoms with van der Waals surface area (Å²) in [5.41, 5.74) is 1.60. The lowest BCUT2D eigenvalue weighted by Gasteiger charge is -2.22. The van der Waals surface area contributed by atoms with Gasteiger partial charge in [-0.3, -0.25) is 14.7 Å². The quantitative estimate of drug-likeness (QED) is 0.527. The fraction of sp³-hybridized carbons (Fsp3) is 0.143. The summed E-state index contributed by atoms with van der Waals surface area (Å²) < 4.78 is 1.49. The lowest BCUT2D eigenvalue weighted by Crippen LogP contribution is -2.40. The highest BCUT2D eigenvalue weighted by Gasteiger charge is 2.49. The van der Waals surface area contributed by atoms with Crippen LogP contribution < -0.4 is 5.32 Å². The Morgan fingerprint density at radius 1 is 1.03 bits per heavy atom. The van der Waals surface area contributed by atoms with Gasteiger partial charge in [-0.25, -0.2) is 9.48 Å². The van der Waals surface area contributed by atoms with Crippen LogP contribution in [0.4, 0.5) is 4.79 Å². The monoisotopic (exact) mass is 399 g/mol. The number of nitrogens with one attached hydrogen (secondary N) is 1. The number of carbonyl (C=O) groups excluding carboxylic acids is 2. The van der Waals surface area contributed by atoms with Crippen molar-refractivity contribution in [1.82, 2.24) is 35.4 Å². The van der Waals surface area contributed by atoms with Crippen molar-refractivity contribution in [1.29, 1.82) is 0 Å². The van der Waals surface area contributed by atoms with Gasteiger partial charge in [0.2, 0.25) is 0 Å². The Bertz CT molecular complexity index is 1270. The molecule has 3 amide bonds. The third-order valence-electron chi connectivity index (χ3n) is 5.29. The molecule has 1 aliphatic heterocycles. The number of carbonyl (C=O) groups is 2. The highest BCUT2D eigenvalue weighted by molar-refractivity contribution is 6.07. The molecule has 1 atom stereocenters. The van der Waals surface area contributed by atoms with Crippen molar-refractivity contribution < 1.29 is 9.59 Å². The first-order valence-electron chi connectivity index (χ1n) is 9.37.